The van der Waals surface area contributed by atoms with Gasteiger partial charge < -0.3 is 10.1 Å². The molecule has 1 aromatic heterocycles. The number of rotatable bonds is 6. The summed E-state index contributed by atoms with van der Waals surface area (Å²) in [7, 11) is 3.66. The number of aromatic nitrogens is 2. The lowest BCUT2D eigenvalue weighted by molar-refractivity contribution is 0.260. The van der Waals surface area contributed by atoms with Crippen LogP contribution in [0.1, 0.15) is 56.7 Å². The molecule has 1 saturated carbocycles. The Hall–Kier alpha value is -1.03. The fraction of sp³-hybridized carbons (Fsp3) is 0.812. The molecule has 0 spiro atoms. The summed E-state index contributed by atoms with van der Waals surface area (Å²) in [6, 6.07) is 0.625. The molecule has 4 heteroatoms. The molecule has 1 unspecified atom stereocenters. The van der Waals surface area contributed by atoms with Crippen LogP contribution in [-0.2, 0) is 13.6 Å². The van der Waals surface area contributed by atoms with Gasteiger partial charge in [0.15, 0.2) is 0 Å². The zero-order valence-electron chi connectivity index (χ0n) is 13.4. The molecule has 0 bridgehead atoms. The van der Waals surface area contributed by atoms with Crippen LogP contribution in [0.3, 0.4) is 0 Å². The topological polar surface area (TPSA) is 39.1 Å². The number of nitrogens with zero attached hydrogens (tertiary/aromatic N) is 2. The number of hydrogen-bond donors (Lipinski definition) is 1. The molecule has 1 atom stereocenters. The predicted molar refractivity (Wildman–Crippen MR) is 82.0 cm³/mol. The van der Waals surface area contributed by atoms with Gasteiger partial charge in [-0.1, -0.05) is 26.2 Å². The molecule has 0 saturated heterocycles. The van der Waals surface area contributed by atoms with Gasteiger partial charge in [0.25, 0.3) is 0 Å². The van der Waals surface area contributed by atoms with Crippen LogP contribution in [0.5, 0.6) is 5.88 Å². The monoisotopic (exact) mass is 279 g/mol. The summed E-state index contributed by atoms with van der Waals surface area (Å²) in [5.74, 6) is 1.73. The zero-order chi connectivity index (χ0) is 14.5. The summed E-state index contributed by atoms with van der Waals surface area (Å²) in [4.78, 5) is 0. The molecule has 0 radical (unpaired) electrons. The van der Waals surface area contributed by atoms with Gasteiger partial charge in [0.05, 0.1) is 18.4 Å². The van der Waals surface area contributed by atoms with E-state index in [2.05, 4.69) is 24.3 Å². The first-order valence-corrected chi connectivity index (χ1v) is 7.97. The quantitative estimate of drug-likeness (QED) is 0.869. The summed E-state index contributed by atoms with van der Waals surface area (Å²) in [5.41, 5.74) is 2.26. The Bertz CT molecular complexity index is 422. The molecule has 1 heterocycles. The van der Waals surface area contributed by atoms with Crippen molar-refractivity contribution in [2.24, 2.45) is 13.0 Å². The van der Waals surface area contributed by atoms with Gasteiger partial charge in [-0.25, -0.2) is 4.68 Å². The van der Waals surface area contributed by atoms with Crippen molar-refractivity contribution in [3.63, 3.8) is 0 Å². The maximum Gasteiger partial charge on any atom is 0.216 e. The average Bonchev–Trinajstić information content (AvgIpc) is 2.74. The first-order chi connectivity index (χ1) is 9.67. The maximum absolute atomic E-state index is 5.47. The second-order valence-corrected chi connectivity index (χ2v) is 5.99. The number of hydrogen-bond acceptors (Lipinski definition) is 3. The minimum absolute atomic E-state index is 0.625. The summed E-state index contributed by atoms with van der Waals surface area (Å²) in [6.45, 7) is 5.21. The van der Waals surface area contributed by atoms with Crippen molar-refractivity contribution < 1.29 is 4.74 Å². The minimum atomic E-state index is 0.625. The van der Waals surface area contributed by atoms with Crippen LogP contribution in [0.15, 0.2) is 0 Å². The van der Waals surface area contributed by atoms with Crippen molar-refractivity contribution in [2.75, 3.05) is 7.11 Å². The highest BCUT2D eigenvalue weighted by atomic mass is 16.5. The average molecular weight is 279 g/mol. The van der Waals surface area contributed by atoms with E-state index in [1.54, 1.807) is 7.11 Å². The van der Waals surface area contributed by atoms with E-state index in [0.29, 0.717) is 6.04 Å². The van der Waals surface area contributed by atoms with E-state index in [0.717, 1.165) is 24.0 Å². The lowest BCUT2D eigenvalue weighted by Crippen LogP contribution is -2.36. The van der Waals surface area contributed by atoms with E-state index in [4.69, 9.17) is 4.74 Å². The molecule has 1 aliphatic carbocycles. The molecular weight excluding hydrogens is 250 g/mol. The molecule has 114 valence electrons. The standard InChI is InChI=1S/C16H29N3O/c1-5-15(13-9-7-6-8-10-13)17-11-14-12(2)18-19(3)16(14)20-4/h13,15,17H,5-11H2,1-4H3. The van der Waals surface area contributed by atoms with Crippen LogP contribution in [0.4, 0.5) is 0 Å². The van der Waals surface area contributed by atoms with Crippen molar-refractivity contribution in [2.45, 2.75) is 65.0 Å². The highest BCUT2D eigenvalue weighted by Gasteiger charge is 2.23. The van der Waals surface area contributed by atoms with Gasteiger partial charge in [0.1, 0.15) is 0 Å². The summed E-state index contributed by atoms with van der Waals surface area (Å²) < 4.78 is 7.30. The lowest BCUT2D eigenvalue weighted by Gasteiger charge is -2.30. The highest BCUT2D eigenvalue weighted by molar-refractivity contribution is 5.30. The largest absolute Gasteiger partial charge is 0.481 e. The predicted octanol–water partition coefficient (Wildman–Crippen LogP) is 3.19. The molecule has 1 N–H and O–H groups in total. The maximum atomic E-state index is 5.47. The minimum Gasteiger partial charge on any atom is -0.481 e. The van der Waals surface area contributed by atoms with Gasteiger partial charge in [-0.15, -0.1) is 0 Å². The molecule has 4 nitrogen and oxygen atoms in total. The Labute approximate surface area is 122 Å². The van der Waals surface area contributed by atoms with Crippen LogP contribution < -0.4 is 10.1 Å². The van der Waals surface area contributed by atoms with Crippen molar-refractivity contribution in [3.8, 4) is 5.88 Å². The second-order valence-electron chi connectivity index (χ2n) is 5.99. The molecule has 1 fully saturated rings. The summed E-state index contributed by atoms with van der Waals surface area (Å²) in [5, 5.41) is 8.20. The van der Waals surface area contributed by atoms with Crippen LogP contribution >= 0.6 is 0 Å². The van der Waals surface area contributed by atoms with Crippen LogP contribution in [0.25, 0.3) is 0 Å². The Balaban J connectivity index is 1.99. The molecule has 20 heavy (non-hydrogen) atoms. The third-order valence-corrected chi connectivity index (χ3v) is 4.68. The zero-order valence-corrected chi connectivity index (χ0v) is 13.4. The van der Waals surface area contributed by atoms with Gasteiger partial charge >= 0.3 is 0 Å². The third kappa shape index (κ3) is 3.35. The lowest BCUT2D eigenvalue weighted by atomic mass is 9.83. The highest BCUT2D eigenvalue weighted by Crippen LogP contribution is 2.28. The van der Waals surface area contributed by atoms with Gasteiger partial charge in [0.2, 0.25) is 5.88 Å². The smallest absolute Gasteiger partial charge is 0.216 e. The Morgan fingerprint density at radius 3 is 2.65 bits per heavy atom. The van der Waals surface area contributed by atoms with Crippen molar-refractivity contribution in [1.82, 2.24) is 15.1 Å². The van der Waals surface area contributed by atoms with E-state index >= 15 is 0 Å². The molecule has 2 rings (SSSR count). The molecular formula is C16H29N3O. The van der Waals surface area contributed by atoms with E-state index in [9.17, 15) is 0 Å². The van der Waals surface area contributed by atoms with Gasteiger partial charge in [0, 0.05) is 19.6 Å². The van der Waals surface area contributed by atoms with Crippen molar-refractivity contribution in [1.29, 1.82) is 0 Å². The van der Waals surface area contributed by atoms with Crippen molar-refractivity contribution in [3.05, 3.63) is 11.3 Å². The third-order valence-electron chi connectivity index (χ3n) is 4.68. The van der Waals surface area contributed by atoms with Crippen LogP contribution in [-0.4, -0.2) is 22.9 Å². The Kier molecular flexibility index (Phi) is 5.46. The van der Waals surface area contributed by atoms with Gasteiger partial charge in [-0.3, -0.25) is 0 Å². The number of methoxy groups -OCH3 is 1. The Morgan fingerprint density at radius 2 is 2.05 bits per heavy atom. The first kappa shape index (κ1) is 15.4. The fourth-order valence-corrected chi connectivity index (χ4v) is 3.55. The fourth-order valence-electron chi connectivity index (χ4n) is 3.55. The number of aryl methyl sites for hydroxylation is 2. The van der Waals surface area contributed by atoms with Gasteiger partial charge in [-0.05, 0) is 32.1 Å². The number of ether oxygens (including phenoxy) is 1. The summed E-state index contributed by atoms with van der Waals surface area (Å²) in [6.07, 6.45) is 8.19. The van der Waals surface area contributed by atoms with E-state index < -0.39 is 0 Å². The normalized spacial score (nSPS) is 18.2. The van der Waals surface area contributed by atoms with Gasteiger partial charge in [-0.2, -0.15) is 5.10 Å². The molecule has 0 amide bonds. The molecule has 0 aromatic carbocycles. The van der Waals surface area contributed by atoms with Crippen molar-refractivity contribution >= 4 is 0 Å². The summed E-state index contributed by atoms with van der Waals surface area (Å²) >= 11 is 0. The van der Waals surface area contributed by atoms with Crippen LogP contribution in [0.2, 0.25) is 0 Å². The molecule has 1 aliphatic rings. The first-order valence-electron chi connectivity index (χ1n) is 7.97. The number of nitrogens with one attached hydrogen (secondary N) is 1. The van der Waals surface area contributed by atoms with E-state index in [1.165, 1.54) is 44.1 Å². The van der Waals surface area contributed by atoms with Crippen LogP contribution in [0, 0.1) is 12.8 Å². The molecule has 0 aliphatic heterocycles. The molecule has 1 aromatic rings. The Morgan fingerprint density at radius 1 is 1.35 bits per heavy atom. The SMILES string of the molecule is CCC(NCc1c(C)nn(C)c1OC)C1CCCCC1. The van der Waals surface area contributed by atoms with E-state index in [1.807, 2.05) is 11.7 Å². The second kappa shape index (κ2) is 7.11. The van der Waals surface area contributed by atoms with E-state index in [-0.39, 0.29) is 0 Å².